The minimum atomic E-state index is -0.220. The Bertz CT molecular complexity index is 205. The lowest BCUT2D eigenvalue weighted by molar-refractivity contribution is 0.0390. The molecular formula is C8H12ClO2P. The van der Waals surface area contributed by atoms with Crippen molar-refractivity contribution in [1.82, 2.24) is 0 Å². The van der Waals surface area contributed by atoms with Crippen molar-refractivity contribution in [3.8, 4) is 5.75 Å². The van der Waals surface area contributed by atoms with Gasteiger partial charge >= 0.3 is 0 Å². The average Bonchev–Trinajstić information content (AvgIpc) is 2.06. The van der Waals surface area contributed by atoms with Crippen molar-refractivity contribution in [1.29, 1.82) is 0 Å². The molecule has 0 aliphatic heterocycles. The summed E-state index contributed by atoms with van der Waals surface area (Å²) in [4.78, 5) is 0. The summed E-state index contributed by atoms with van der Waals surface area (Å²) in [7, 11) is 2.16. The van der Waals surface area contributed by atoms with Crippen molar-refractivity contribution >= 4 is 21.9 Å². The van der Waals surface area contributed by atoms with Crippen LogP contribution in [0.25, 0.3) is 0 Å². The molecule has 0 saturated carbocycles. The van der Waals surface area contributed by atoms with Gasteiger partial charge in [0.05, 0.1) is 0 Å². The molecule has 68 valence electrons. The second kappa shape index (κ2) is 6.24. The Labute approximate surface area is 81.0 Å². The van der Waals surface area contributed by atoms with Gasteiger partial charge in [-0.05, 0) is 19.1 Å². The van der Waals surface area contributed by atoms with E-state index >= 15 is 0 Å². The Hall–Kier alpha value is -0.300. The van der Waals surface area contributed by atoms with E-state index in [0.29, 0.717) is 0 Å². The maximum atomic E-state index is 5.32. The van der Waals surface area contributed by atoms with Gasteiger partial charge in [-0.25, -0.2) is 0 Å². The molecule has 0 heterocycles. The highest BCUT2D eigenvalue weighted by atomic mass is 35.5. The van der Waals surface area contributed by atoms with Gasteiger partial charge in [-0.15, -0.1) is 12.4 Å². The first-order chi connectivity index (χ1) is 5.33. The lowest BCUT2D eigenvalue weighted by atomic mass is 10.3. The van der Waals surface area contributed by atoms with Crippen molar-refractivity contribution in [3.05, 3.63) is 30.3 Å². The van der Waals surface area contributed by atoms with Crippen LogP contribution in [0.4, 0.5) is 0 Å². The van der Waals surface area contributed by atoms with E-state index in [2.05, 4.69) is 9.47 Å². The number of hydrogen-bond donors (Lipinski definition) is 0. The summed E-state index contributed by atoms with van der Waals surface area (Å²) < 4.78 is 10.2. The van der Waals surface area contributed by atoms with Gasteiger partial charge in [-0.1, -0.05) is 18.2 Å². The van der Waals surface area contributed by atoms with E-state index in [1.54, 1.807) is 0 Å². The molecule has 4 heteroatoms. The van der Waals surface area contributed by atoms with E-state index in [0.717, 1.165) is 5.75 Å². The first-order valence-electron chi connectivity index (χ1n) is 3.40. The van der Waals surface area contributed by atoms with Gasteiger partial charge < -0.3 is 9.26 Å². The van der Waals surface area contributed by atoms with Crippen LogP contribution in [-0.2, 0) is 4.52 Å². The second-order valence-electron chi connectivity index (χ2n) is 2.13. The predicted molar refractivity (Wildman–Crippen MR) is 54.6 cm³/mol. The predicted octanol–water partition coefficient (Wildman–Crippen LogP) is 2.64. The number of ether oxygens (including phenoxy) is 1. The highest BCUT2D eigenvalue weighted by Gasteiger charge is 1.98. The summed E-state index contributed by atoms with van der Waals surface area (Å²) in [6, 6.07) is 9.56. The van der Waals surface area contributed by atoms with E-state index in [9.17, 15) is 0 Å². The van der Waals surface area contributed by atoms with Crippen LogP contribution < -0.4 is 4.74 Å². The van der Waals surface area contributed by atoms with Crippen LogP contribution in [0.15, 0.2) is 30.3 Å². The molecule has 0 saturated heterocycles. The van der Waals surface area contributed by atoms with Crippen LogP contribution in [0.2, 0.25) is 0 Å². The average molecular weight is 207 g/mol. The third-order valence-corrected chi connectivity index (χ3v) is 1.62. The standard InChI is InChI=1S/C8H11O2P.ClH/c1-7(10-11)9-8-5-3-2-4-6-8;/h2-7H,11H2,1H3;1H. The molecule has 0 aliphatic carbocycles. The maximum Gasteiger partial charge on any atom is 0.199 e. The molecule has 0 aromatic heterocycles. The fourth-order valence-corrected chi connectivity index (χ4v) is 0.774. The molecule has 12 heavy (non-hydrogen) atoms. The topological polar surface area (TPSA) is 18.5 Å². The van der Waals surface area contributed by atoms with Gasteiger partial charge in [0.2, 0.25) is 0 Å². The Balaban J connectivity index is 0.00000121. The Morgan fingerprint density at radius 1 is 1.25 bits per heavy atom. The number of hydrogen-bond acceptors (Lipinski definition) is 2. The van der Waals surface area contributed by atoms with Gasteiger partial charge in [-0.3, -0.25) is 0 Å². The molecule has 0 radical (unpaired) electrons. The smallest absolute Gasteiger partial charge is 0.199 e. The van der Waals surface area contributed by atoms with Crippen LogP contribution >= 0.6 is 21.9 Å². The fourth-order valence-electron chi connectivity index (χ4n) is 0.718. The molecule has 0 spiro atoms. The van der Waals surface area contributed by atoms with Crippen molar-refractivity contribution < 1.29 is 9.26 Å². The lowest BCUT2D eigenvalue weighted by Gasteiger charge is -2.11. The van der Waals surface area contributed by atoms with Gasteiger partial charge in [0.25, 0.3) is 0 Å². The molecular weight excluding hydrogens is 195 g/mol. The minimum Gasteiger partial charge on any atom is -0.465 e. The highest BCUT2D eigenvalue weighted by molar-refractivity contribution is 7.09. The first-order valence-corrected chi connectivity index (χ1v) is 3.87. The third kappa shape index (κ3) is 3.91. The number of rotatable bonds is 3. The van der Waals surface area contributed by atoms with Crippen LogP contribution in [0.3, 0.4) is 0 Å². The minimum absolute atomic E-state index is 0. The van der Waals surface area contributed by atoms with Crippen molar-refractivity contribution in [2.45, 2.75) is 13.2 Å². The molecule has 2 atom stereocenters. The Kier molecular flexibility index (Phi) is 6.09. The maximum absolute atomic E-state index is 5.32. The Morgan fingerprint density at radius 3 is 2.33 bits per heavy atom. The third-order valence-electron chi connectivity index (χ3n) is 1.24. The quantitative estimate of drug-likeness (QED) is 0.559. The van der Waals surface area contributed by atoms with Crippen molar-refractivity contribution in [2.24, 2.45) is 0 Å². The molecule has 2 nitrogen and oxygen atoms in total. The van der Waals surface area contributed by atoms with Gasteiger partial charge in [0.15, 0.2) is 6.29 Å². The molecule has 1 aromatic carbocycles. The molecule has 1 rings (SSSR count). The summed E-state index contributed by atoms with van der Waals surface area (Å²) >= 11 is 0. The molecule has 1 aromatic rings. The van der Waals surface area contributed by atoms with Crippen LogP contribution in [0.1, 0.15) is 6.92 Å². The normalized spacial score (nSPS) is 11.5. The first kappa shape index (κ1) is 11.7. The molecule has 0 aliphatic rings. The summed E-state index contributed by atoms with van der Waals surface area (Å²) in [5.41, 5.74) is 0. The van der Waals surface area contributed by atoms with Crippen LogP contribution in [0.5, 0.6) is 5.75 Å². The lowest BCUT2D eigenvalue weighted by Crippen LogP contribution is -2.10. The molecule has 0 amide bonds. The summed E-state index contributed by atoms with van der Waals surface area (Å²) in [6.07, 6.45) is -0.220. The largest absolute Gasteiger partial charge is 0.465 e. The highest BCUT2D eigenvalue weighted by Crippen LogP contribution is 2.11. The molecule has 2 unspecified atom stereocenters. The van der Waals surface area contributed by atoms with Gasteiger partial charge in [0, 0.05) is 9.47 Å². The molecule has 0 fully saturated rings. The number of para-hydroxylation sites is 1. The van der Waals surface area contributed by atoms with Gasteiger partial charge in [-0.2, -0.15) is 0 Å². The van der Waals surface area contributed by atoms with E-state index in [1.165, 1.54) is 0 Å². The summed E-state index contributed by atoms with van der Waals surface area (Å²) in [6.45, 7) is 1.83. The van der Waals surface area contributed by atoms with Gasteiger partial charge in [0.1, 0.15) is 5.75 Å². The van der Waals surface area contributed by atoms with Crippen molar-refractivity contribution in [2.75, 3.05) is 0 Å². The zero-order chi connectivity index (χ0) is 8.10. The van der Waals surface area contributed by atoms with Crippen LogP contribution in [0, 0.1) is 0 Å². The molecule has 0 N–H and O–H groups in total. The van der Waals surface area contributed by atoms with Crippen molar-refractivity contribution in [3.63, 3.8) is 0 Å². The zero-order valence-electron chi connectivity index (χ0n) is 6.77. The van der Waals surface area contributed by atoms with E-state index < -0.39 is 0 Å². The van der Waals surface area contributed by atoms with E-state index in [-0.39, 0.29) is 18.7 Å². The number of halogens is 1. The fraction of sp³-hybridized carbons (Fsp3) is 0.250. The van der Waals surface area contributed by atoms with E-state index in [1.807, 2.05) is 37.3 Å². The summed E-state index contributed by atoms with van der Waals surface area (Å²) in [5.74, 6) is 0.822. The van der Waals surface area contributed by atoms with Crippen LogP contribution in [-0.4, -0.2) is 6.29 Å². The monoisotopic (exact) mass is 206 g/mol. The Morgan fingerprint density at radius 2 is 1.83 bits per heavy atom. The summed E-state index contributed by atoms with van der Waals surface area (Å²) in [5, 5.41) is 0. The zero-order valence-corrected chi connectivity index (χ0v) is 8.74. The molecule has 0 bridgehead atoms. The number of benzene rings is 1. The van der Waals surface area contributed by atoms with E-state index in [4.69, 9.17) is 9.26 Å². The SMILES string of the molecule is CC(OP)Oc1ccccc1.Cl. The second-order valence-corrected chi connectivity index (χ2v) is 2.41.